The van der Waals surface area contributed by atoms with E-state index < -0.39 is 39.2 Å². The van der Waals surface area contributed by atoms with Gasteiger partial charge in [0.2, 0.25) is 0 Å². The third-order valence-corrected chi connectivity index (χ3v) is 3.18. The van der Waals surface area contributed by atoms with Gasteiger partial charge >= 0.3 is 27.5 Å². The number of carbonyl (C=O) groups excluding carboxylic acids is 1. The Labute approximate surface area is 119 Å². The van der Waals surface area contributed by atoms with E-state index in [1.54, 1.807) is 0 Å². The monoisotopic (exact) mass is 350 g/mol. The summed E-state index contributed by atoms with van der Waals surface area (Å²) in [5.41, 5.74) is -0.654. The minimum atomic E-state index is -6.49. The van der Waals surface area contributed by atoms with Gasteiger partial charge in [-0.15, -0.1) is 0 Å². The summed E-state index contributed by atoms with van der Waals surface area (Å²) in [7, 11) is -6.49. The van der Waals surface area contributed by atoms with E-state index in [-0.39, 0.29) is 5.75 Å². The van der Waals surface area contributed by atoms with Crippen LogP contribution in [-0.2, 0) is 14.9 Å². The SMILES string of the molecule is O=C(OC(C(F)(F)F)C(F)(F)S(=O)(=O)O)c1ccc(O)cc1. The van der Waals surface area contributed by atoms with Crippen LogP contribution < -0.4 is 0 Å². The smallest absolute Gasteiger partial charge is 0.432 e. The van der Waals surface area contributed by atoms with E-state index in [9.17, 15) is 35.2 Å². The fourth-order valence-corrected chi connectivity index (χ4v) is 1.69. The van der Waals surface area contributed by atoms with E-state index in [0.29, 0.717) is 0 Å². The molecule has 12 heteroatoms. The third-order valence-electron chi connectivity index (χ3n) is 2.27. The highest BCUT2D eigenvalue weighted by Gasteiger charge is 2.66. The first-order valence-corrected chi connectivity index (χ1v) is 6.62. The molecule has 0 fully saturated rings. The topological polar surface area (TPSA) is 101 Å². The molecule has 1 atom stereocenters. The number of carbonyl (C=O) groups is 1. The number of halogens is 5. The van der Waals surface area contributed by atoms with Crippen LogP contribution in [-0.4, -0.2) is 41.6 Å². The van der Waals surface area contributed by atoms with Gasteiger partial charge in [0.1, 0.15) is 5.75 Å². The van der Waals surface area contributed by atoms with Gasteiger partial charge in [-0.2, -0.15) is 30.4 Å². The molecule has 0 saturated heterocycles. The zero-order valence-electron chi connectivity index (χ0n) is 10.2. The molecule has 1 aromatic rings. The number of alkyl halides is 5. The molecule has 0 amide bonds. The second kappa shape index (κ2) is 5.68. The molecule has 1 aromatic carbocycles. The van der Waals surface area contributed by atoms with Crippen molar-refractivity contribution in [3.63, 3.8) is 0 Å². The maximum Gasteiger partial charge on any atom is 0.432 e. The van der Waals surface area contributed by atoms with E-state index in [1.807, 2.05) is 0 Å². The van der Waals surface area contributed by atoms with Crippen LogP contribution in [0.2, 0.25) is 0 Å². The van der Waals surface area contributed by atoms with Crippen LogP contribution in [0.4, 0.5) is 22.0 Å². The maximum absolute atomic E-state index is 13.2. The number of benzene rings is 1. The first kappa shape index (κ1) is 18.1. The molecule has 0 heterocycles. The minimum absolute atomic E-state index is 0.368. The fraction of sp³-hybridized carbons (Fsp3) is 0.300. The number of ether oxygens (including phenoxy) is 1. The van der Waals surface area contributed by atoms with E-state index >= 15 is 0 Å². The standard InChI is InChI=1S/C10H7F5O6S/c11-9(12,13)8(10(14,15)22(18,19)20)21-7(17)5-1-3-6(16)4-2-5/h1-4,8,16H,(H,18,19,20). The predicted molar refractivity (Wildman–Crippen MR) is 59.9 cm³/mol. The molecule has 124 valence electrons. The Morgan fingerprint density at radius 2 is 1.55 bits per heavy atom. The number of esters is 1. The van der Waals surface area contributed by atoms with Crippen molar-refractivity contribution in [3.05, 3.63) is 29.8 Å². The minimum Gasteiger partial charge on any atom is -0.508 e. The summed E-state index contributed by atoms with van der Waals surface area (Å²) in [6.07, 6.45) is -10.4. The molecule has 22 heavy (non-hydrogen) atoms. The number of hydrogen-bond donors (Lipinski definition) is 2. The summed E-state index contributed by atoms with van der Waals surface area (Å²) < 4.78 is 96.3. The Kier molecular flexibility index (Phi) is 4.67. The summed E-state index contributed by atoms with van der Waals surface area (Å²) in [6.45, 7) is 0. The molecule has 0 aliphatic rings. The van der Waals surface area contributed by atoms with Crippen molar-refractivity contribution < 1.29 is 49.6 Å². The Balaban J connectivity index is 3.16. The molecule has 0 saturated carbocycles. The van der Waals surface area contributed by atoms with Gasteiger partial charge in [-0.1, -0.05) is 0 Å². The summed E-state index contributed by atoms with van der Waals surface area (Å²) in [5.74, 6) is -2.29. The molecule has 0 aromatic heterocycles. The molecule has 0 spiro atoms. The number of aromatic hydroxyl groups is 1. The van der Waals surface area contributed by atoms with Crippen LogP contribution >= 0.6 is 0 Å². The van der Waals surface area contributed by atoms with Crippen molar-refractivity contribution in [2.45, 2.75) is 17.5 Å². The van der Waals surface area contributed by atoms with E-state index in [2.05, 4.69) is 4.74 Å². The first-order chi connectivity index (χ1) is 9.76. The lowest BCUT2D eigenvalue weighted by Gasteiger charge is -2.26. The molecular weight excluding hydrogens is 343 g/mol. The summed E-state index contributed by atoms with van der Waals surface area (Å²) in [6, 6.07) is 3.24. The Bertz CT molecular complexity index is 651. The quantitative estimate of drug-likeness (QED) is 0.489. The summed E-state index contributed by atoms with van der Waals surface area (Å²) >= 11 is 0. The van der Waals surface area contributed by atoms with Gasteiger partial charge in [0.15, 0.2) is 0 Å². The van der Waals surface area contributed by atoms with Gasteiger partial charge in [-0.3, -0.25) is 4.55 Å². The molecule has 0 bridgehead atoms. The van der Waals surface area contributed by atoms with Crippen LogP contribution in [0.5, 0.6) is 5.75 Å². The van der Waals surface area contributed by atoms with E-state index in [0.717, 1.165) is 24.3 Å². The molecular formula is C10H7F5O6S. The lowest BCUT2D eigenvalue weighted by Crippen LogP contribution is -2.52. The normalized spacial score (nSPS) is 14.5. The molecule has 1 unspecified atom stereocenters. The molecule has 6 nitrogen and oxygen atoms in total. The lowest BCUT2D eigenvalue weighted by atomic mass is 10.2. The number of phenolic OH excluding ortho intramolecular Hbond substituents is 1. The molecule has 1 rings (SSSR count). The molecule has 0 aliphatic carbocycles. The van der Waals surface area contributed by atoms with E-state index in [1.165, 1.54) is 0 Å². The van der Waals surface area contributed by atoms with Gasteiger partial charge in [0, 0.05) is 0 Å². The highest BCUT2D eigenvalue weighted by Crippen LogP contribution is 2.38. The van der Waals surface area contributed by atoms with Crippen LogP contribution in [0.3, 0.4) is 0 Å². The second-order valence-electron chi connectivity index (χ2n) is 3.91. The first-order valence-electron chi connectivity index (χ1n) is 5.18. The largest absolute Gasteiger partial charge is 0.508 e. The van der Waals surface area contributed by atoms with Crippen molar-refractivity contribution in [1.82, 2.24) is 0 Å². The summed E-state index contributed by atoms with van der Waals surface area (Å²) in [5, 5.41) is 3.13. The van der Waals surface area contributed by atoms with Crippen molar-refractivity contribution in [2.75, 3.05) is 0 Å². The molecule has 2 N–H and O–H groups in total. The maximum atomic E-state index is 13.2. The van der Waals surface area contributed by atoms with Gasteiger partial charge in [-0.05, 0) is 24.3 Å². The Morgan fingerprint density at radius 1 is 1.09 bits per heavy atom. The summed E-state index contributed by atoms with van der Waals surface area (Å²) in [4.78, 5) is 11.4. The van der Waals surface area contributed by atoms with Crippen molar-refractivity contribution in [1.29, 1.82) is 0 Å². The molecule has 0 aliphatic heterocycles. The zero-order chi connectivity index (χ0) is 17.3. The van der Waals surface area contributed by atoms with Crippen LogP contribution in [0.25, 0.3) is 0 Å². The average molecular weight is 350 g/mol. The lowest BCUT2D eigenvalue weighted by molar-refractivity contribution is -0.248. The average Bonchev–Trinajstić information content (AvgIpc) is 2.33. The number of rotatable bonds is 4. The van der Waals surface area contributed by atoms with Crippen molar-refractivity contribution >= 4 is 16.1 Å². The van der Waals surface area contributed by atoms with E-state index in [4.69, 9.17) is 9.66 Å². The number of hydrogen-bond acceptors (Lipinski definition) is 5. The van der Waals surface area contributed by atoms with Gasteiger partial charge in [-0.25, -0.2) is 4.79 Å². The van der Waals surface area contributed by atoms with Crippen molar-refractivity contribution in [2.24, 2.45) is 0 Å². The third kappa shape index (κ3) is 3.82. The Morgan fingerprint density at radius 3 is 1.91 bits per heavy atom. The highest BCUT2D eigenvalue weighted by molar-refractivity contribution is 7.86. The predicted octanol–water partition coefficient (Wildman–Crippen LogP) is 1.96. The number of phenols is 1. The zero-order valence-corrected chi connectivity index (χ0v) is 11.0. The highest BCUT2D eigenvalue weighted by atomic mass is 32.2. The second-order valence-corrected chi connectivity index (χ2v) is 5.41. The van der Waals surface area contributed by atoms with Gasteiger partial charge in [0.25, 0.3) is 6.10 Å². The van der Waals surface area contributed by atoms with Crippen LogP contribution in [0.15, 0.2) is 24.3 Å². The van der Waals surface area contributed by atoms with Gasteiger partial charge < -0.3 is 9.84 Å². The van der Waals surface area contributed by atoms with Crippen LogP contribution in [0, 0.1) is 0 Å². The Hall–Kier alpha value is -1.95. The van der Waals surface area contributed by atoms with Crippen molar-refractivity contribution in [3.8, 4) is 5.75 Å². The molecule has 0 radical (unpaired) electrons. The fourth-order valence-electron chi connectivity index (χ4n) is 1.23. The van der Waals surface area contributed by atoms with Gasteiger partial charge in [0.05, 0.1) is 5.56 Å². The van der Waals surface area contributed by atoms with Crippen LogP contribution in [0.1, 0.15) is 10.4 Å².